The van der Waals surface area contributed by atoms with E-state index in [1.807, 2.05) is 42.5 Å². The van der Waals surface area contributed by atoms with Gasteiger partial charge in [-0.2, -0.15) is 5.26 Å². The summed E-state index contributed by atoms with van der Waals surface area (Å²) in [5, 5.41) is 12.6. The molecule has 0 spiro atoms. The molecule has 6 heteroatoms. The highest BCUT2D eigenvalue weighted by Gasteiger charge is 2.16. The first-order chi connectivity index (χ1) is 16.0. The number of piperazine rings is 1. The van der Waals surface area contributed by atoms with E-state index < -0.39 is 0 Å². The van der Waals surface area contributed by atoms with Gasteiger partial charge in [-0.25, -0.2) is 0 Å². The lowest BCUT2D eigenvalue weighted by atomic mass is 10.0. The molecule has 1 N–H and O–H groups in total. The van der Waals surface area contributed by atoms with E-state index in [0.717, 1.165) is 48.7 Å². The maximum atomic E-state index is 12.8. The Morgan fingerprint density at radius 3 is 2.70 bits per heavy atom. The molecule has 1 aliphatic heterocycles. The van der Waals surface area contributed by atoms with Gasteiger partial charge >= 0.3 is 0 Å². The number of hydrogen-bond acceptors (Lipinski definition) is 5. The molecule has 0 unspecified atom stereocenters. The van der Waals surface area contributed by atoms with Gasteiger partial charge in [-0.3, -0.25) is 14.7 Å². The Morgan fingerprint density at radius 2 is 2.00 bits per heavy atom. The SMILES string of the molecule is C[C@H]1CN(Cc2ccc(N(C)C(=O)Cc3ccc(-c4cccc(C#N)c4)cn3)cc2)CCN1. The van der Waals surface area contributed by atoms with Crippen molar-refractivity contribution in [2.24, 2.45) is 0 Å². The van der Waals surface area contributed by atoms with E-state index in [1.165, 1.54) is 5.56 Å². The largest absolute Gasteiger partial charge is 0.315 e. The quantitative estimate of drug-likeness (QED) is 0.635. The lowest BCUT2D eigenvalue weighted by molar-refractivity contribution is -0.117. The fourth-order valence-corrected chi connectivity index (χ4v) is 4.12. The van der Waals surface area contributed by atoms with E-state index in [4.69, 9.17) is 5.26 Å². The van der Waals surface area contributed by atoms with Gasteiger partial charge in [0.2, 0.25) is 5.91 Å². The van der Waals surface area contributed by atoms with Crippen molar-refractivity contribution in [2.75, 3.05) is 31.6 Å². The average Bonchev–Trinajstić information content (AvgIpc) is 2.84. The van der Waals surface area contributed by atoms with Gasteiger partial charge < -0.3 is 10.2 Å². The van der Waals surface area contributed by atoms with Crippen molar-refractivity contribution in [2.45, 2.75) is 25.9 Å². The van der Waals surface area contributed by atoms with Crippen LogP contribution < -0.4 is 10.2 Å². The van der Waals surface area contributed by atoms with E-state index in [-0.39, 0.29) is 12.3 Å². The maximum absolute atomic E-state index is 12.8. The number of carbonyl (C=O) groups is 1. The summed E-state index contributed by atoms with van der Waals surface area (Å²) in [5.74, 6) is -0.00888. The van der Waals surface area contributed by atoms with Crippen molar-refractivity contribution in [1.29, 1.82) is 5.26 Å². The third-order valence-electron chi connectivity index (χ3n) is 6.04. The zero-order valence-corrected chi connectivity index (χ0v) is 19.2. The van der Waals surface area contributed by atoms with E-state index in [1.54, 1.807) is 24.2 Å². The standard InChI is InChI=1S/C27H29N5O/c1-20-18-32(13-12-29-20)19-21-6-10-26(11-7-21)31(2)27(33)15-25-9-8-24(17-30-25)23-5-3-4-22(14-23)16-28/h3-11,14,17,20,29H,12-13,15,18-19H2,1-2H3/t20-/m0/s1. The smallest absolute Gasteiger partial charge is 0.232 e. The van der Waals surface area contributed by atoms with Crippen molar-refractivity contribution in [3.05, 3.63) is 83.7 Å². The summed E-state index contributed by atoms with van der Waals surface area (Å²) in [7, 11) is 1.80. The molecule has 1 saturated heterocycles. The average molecular weight is 440 g/mol. The van der Waals surface area contributed by atoms with Crippen LogP contribution in [0.25, 0.3) is 11.1 Å². The molecular formula is C27H29N5O. The number of rotatable bonds is 6. The van der Waals surface area contributed by atoms with Gasteiger partial charge in [-0.05, 0) is 48.4 Å². The molecule has 2 aromatic carbocycles. The number of hydrogen-bond donors (Lipinski definition) is 1. The minimum atomic E-state index is -0.00888. The van der Waals surface area contributed by atoms with Crippen molar-refractivity contribution in [3.8, 4) is 17.2 Å². The number of nitrogens with zero attached hydrogens (tertiary/aromatic N) is 4. The van der Waals surface area contributed by atoms with Gasteiger partial charge in [0.25, 0.3) is 0 Å². The monoisotopic (exact) mass is 439 g/mol. The second-order valence-electron chi connectivity index (χ2n) is 8.62. The predicted molar refractivity (Wildman–Crippen MR) is 131 cm³/mol. The predicted octanol–water partition coefficient (Wildman–Crippen LogP) is 3.62. The molecule has 1 atom stereocenters. The third kappa shape index (κ3) is 5.83. The Hall–Kier alpha value is -3.53. The van der Waals surface area contributed by atoms with Crippen LogP contribution in [-0.4, -0.2) is 48.5 Å². The summed E-state index contributed by atoms with van der Waals surface area (Å²) >= 11 is 0. The Balaban J connectivity index is 1.35. The fraction of sp³-hybridized carbons (Fsp3) is 0.296. The van der Waals surface area contributed by atoms with Gasteiger partial charge in [0.05, 0.1) is 18.1 Å². The number of nitrogens with one attached hydrogen (secondary N) is 1. The molecule has 4 rings (SSSR count). The highest BCUT2D eigenvalue weighted by molar-refractivity contribution is 5.94. The van der Waals surface area contributed by atoms with Gasteiger partial charge in [0.1, 0.15) is 0 Å². The third-order valence-corrected chi connectivity index (χ3v) is 6.04. The van der Waals surface area contributed by atoms with E-state index in [2.05, 4.69) is 40.3 Å². The highest BCUT2D eigenvalue weighted by atomic mass is 16.2. The van der Waals surface area contributed by atoms with Crippen LogP contribution in [0.3, 0.4) is 0 Å². The molecule has 168 valence electrons. The van der Waals surface area contributed by atoms with Crippen LogP contribution in [0.2, 0.25) is 0 Å². The molecule has 0 bridgehead atoms. The molecule has 1 amide bonds. The van der Waals surface area contributed by atoms with Gasteiger partial charge in [0, 0.05) is 62.4 Å². The molecule has 0 radical (unpaired) electrons. The minimum Gasteiger partial charge on any atom is -0.315 e. The molecule has 6 nitrogen and oxygen atoms in total. The number of nitriles is 1. The van der Waals surface area contributed by atoms with Crippen LogP contribution in [0.1, 0.15) is 23.7 Å². The number of amides is 1. The zero-order chi connectivity index (χ0) is 23.2. The first-order valence-electron chi connectivity index (χ1n) is 11.3. The van der Waals surface area contributed by atoms with Crippen LogP contribution in [0.5, 0.6) is 0 Å². The first-order valence-corrected chi connectivity index (χ1v) is 11.3. The van der Waals surface area contributed by atoms with Crippen molar-refractivity contribution in [1.82, 2.24) is 15.2 Å². The zero-order valence-electron chi connectivity index (χ0n) is 19.2. The molecule has 0 saturated carbocycles. The summed E-state index contributed by atoms with van der Waals surface area (Å²) < 4.78 is 0. The Kier molecular flexibility index (Phi) is 7.13. The molecule has 33 heavy (non-hydrogen) atoms. The number of pyridine rings is 1. The van der Waals surface area contributed by atoms with Crippen LogP contribution in [0, 0.1) is 11.3 Å². The molecule has 2 heterocycles. The minimum absolute atomic E-state index is 0.00888. The van der Waals surface area contributed by atoms with Crippen LogP contribution in [0.4, 0.5) is 5.69 Å². The molecule has 1 fully saturated rings. The lowest BCUT2D eigenvalue weighted by Crippen LogP contribution is -2.48. The molecule has 0 aliphatic carbocycles. The lowest BCUT2D eigenvalue weighted by Gasteiger charge is -2.31. The van der Waals surface area contributed by atoms with Crippen LogP contribution in [0.15, 0.2) is 66.9 Å². The molecular weight excluding hydrogens is 410 g/mol. The summed E-state index contributed by atoms with van der Waals surface area (Å²) in [6.45, 7) is 6.27. The first kappa shape index (κ1) is 22.7. The fourth-order valence-electron chi connectivity index (χ4n) is 4.12. The van der Waals surface area contributed by atoms with Crippen molar-refractivity contribution >= 4 is 11.6 Å². The Morgan fingerprint density at radius 1 is 1.18 bits per heavy atom. The van der Waals surface area contributed by atoms with E-state index in [9.17, 15) is 4.79 Å². The summed E-state index contributed by atoms with van der Waals surface area (Å²) in [4.78, 5) is 21.4. The molecule has 1 aliphatic rings. The van der Waals surface area contributed by atoms with Crippen molar-refractivity contribution < 1.29 is 4.79 Å². The molecule has 1 aromatic heterocycles. The van der Waals surface area contributed by atoms with Gasteiger partial charge in [-0.15, -0.1) is 0 Å². The van der Waals surface area contributed by atoms with E-state index in [0.29, 0.717) is 11.6 Å². The Bertz CT molecular complexity index is 1130. The highest BCUT2D eigenvalue weighted by Crippen LogP contribution is 2.21. The number of aromatic nitrogens is 1. The topological polar surface area (TPSA) is 72.3 Å². The maximum Gasteiger partial charge on any atom is 0.232 e. The number of carbonyl (C=O) groups excluding carboxylic acids is 1. The van der Waals surface area contributed by atoms with Gasteiger partial charge in [-0.1, -0.05) is 30.3 Å². The number of likely N-dealkylation sites (N-methyl/N-ethyl adjacent to an activating group) is 1. The Labute approximate surface area is 195 Å². The molecule has 3 aromatic rings. The number of anilines is 1. The van der Waals surface area contributed by atoms with Crippen LogP contribution >= 0.6 is 0 Å². The van der Waals surface area contributed by atoms with Crippen LogP contribution in [-0.2, 0) is 17.8 Å². The number of benzene rings is 2. The van der Waals surface area contributed by atoms with E-state index >= 15 is 0 Å². The summed E-state index contributed by atoms with van der Waals surface area (Å²) in [6.07, 6.45) is 1.99. The van der Waals surface area contributed by atoms with Crippen molar-refractivity contribution in [3.63, 3.8) is 0 Å². The summed E-state index contributed by atoms with van der Waals surface area (Å²) in [5.41, 5.74) is 5.32. The van der Waals surface area contributed by atoms with Gasteiger partial charge in [0.15, 0.2) is 0 Å². The second kappa shape index (κ2) is 10.4. The second-order valence-corrected chi connectivity index (χ2v) is 8.62. The summed E-state index contributed by atoms with van der Waals surface area (Å²) in [6, 6.07) is 22.1. The normalized spacial score (nSPS) is 16.2.